The summed E-state index contributed by atoms with van der Waals surface area (Å²) in [6.07, 6.45) is 3.21. The van der Waals surface area contributed by atoms with Gasteiger partial charge >= 0.3 is 0 Å². The van der Waals surface area contributed by atoms with E-state index in [1.54, 1.807) is 6.20 Å². The van der Waals surface area contributed by atoms with Gasteiger partial charge in [-0.1, -0.05) is 48.5 Å². The number of fused-ring (bicyclic) bond motifs is 1. The number of benzene rings is 2. The molecular weight excluding hydrogens is 340 g/mol. The van der Waals surface area contributed by atoms with Crippen LogP contribution in [-0.2, 0) is 6.54 Å². The van der Waals surface area contributed by atoms with Crippen molar-refractivity contribution < 1.29 is 4.79 Å². The highest BCUT2D eigenvalue weighted by Gasteiger charge is 2.11. The smallest absolute Gasteiger partial charge is 0.253 e. The summed E-state index contributed by atoms with van der Waals surface area (Å²) in [7, 11) is 0. The molecule has 0 bridgehead atoms. The predicted octanol–water partition coefficient (Wildman–Crippen LogP) is 2.82. The number of aromatic amines is 1. The molecule has 6 heteroatoms. The van der Waals surface area contributed by atoms with Crippen LogP contribution < -0.4 is 10.9 Å². The Morgan fingerprint density at radius 1 is 1.07 bits per heavy atom. The number of rotatable bonds is 5. The SMILES string of the molecule is O=C(NCCn1cnc(-c2ccccc2)cc1=O)c1c[nH]c2ccccc12. The molecule has 27 heavy (non-hydrogen) atoms. The molecule has 6 nitrogen and oxygen atoms in total. The van der Waals surface area contributed by atoms with E-state index in [-0.39, 0.29) is 11.5 Å². The van der Waals surface area contributed by atoms with Crippen LogP contribution in [0.4, 0.5) is 0 Å². The molecule has 0 spiro atoms. The van der Waals surface area contributed by atoms with Crippen molar-refractivity contribution in [3.05, 3.63) is 89.1 Å². The minimum absolute atomic E-state index is 0.148. The number of amides is 1. The Bertz CT molecular complexity index is 1150. The van der Waals surface area contributed by atoms with Gasteiger partial charge in [0, 0.05) is 41.8 Å². The number of hydrogen-bond donors (Lipinski definition) is 2. The van der Waals surface area contributed by atoms with E-state index in [1.165, 1.54) is 17.0 Å². The van der Waals surface area contributed by atoms with Crippen LogP contribution in [0.1, 0.15) is 10.4 Å². The van der Waals surface area contributed by atoms with Gasteiger partial charge in [0.15, 0.2) is 0 Å². The van der Waals surface area contributed by atoms with Crippen LogP contribution >= 0.6 is 0 Å². The summed E-state index contributed by atoms with van der Waals surface area (Å²) in [5, 5.41) is 3.73. The van der Waals surface area contributed by atoms with Crippen molar-refractivity contribution in [3.8, 4) is 11.3 Å². The van der Waals surface area contributed by atoms with Crippen molar-refractivity contribution in [2.75, 3.05) is 6.54 Å². The van der Waals surface area contributed by atoms with Gasteiger partial charge < -0.3 is 10.3 Å². The molecule has 4 aromatic rings. The summed E-state index contributed by atoms with van der Waals surface area (Å²) in [4.78, 5) is 32.1. The Morgan fingerprint density at radius 2 is 1.85 bits per heavy atom. The third-order valence-corrected chi connectivity index (χ3v) is 4.42. The molecule has 4 rings (SSSR count). The molecule has 0 saturated carbocycles. The number of para-hydroxylation sites is 1. The lowest BCUT2D eigenvalue weighted by Gasteiger charge is -2.08. The maximum atomic E-state index is 12.4. The van der Waals surface area contributed by atoms with Gasteiger partial charge in [-0.15, -0.1) is 0 Å². The lowest BCUT2D eigenvalue weighted by atomic mass is 10.1. The second-order valence-electron chi connectivity index (χ2n) is 6.18. The first-order chi connectivity index (χ1) is 13.2. The van der Waals surface area contributed by atoms with E-state index in [4.69, 9.17) is 0 Å². The third kappa shape index (κ3) is 3.50. The van der Waals surface area contributed by atoms with Crippen LogP contribution in [0.2, 0.25) is 0 Å². The standard InChI is InChI=1S/C21H18N4O2/c26-20-12-19(15-6-2-1-3-7-15)24-14-25(20)11-10-22-21(27)17-13-23-18-9-5-4-8-16(17)18/h1-9,12-14,23H,10-11H2,(H,22,27). The second kappa shape index (κ2) is 7.29. The quantitative estimate of drug-likeness (QED) is 0.576. The topological polar surface area (TPSA) is 79.8 Å². The van der Waals surface area contributed by atoms with Crippen molar-refractivity contribution in [3.63, 3.8) is 0 Å². The number of carbonyl (C=O) groups excluding carboxylic acids is 1. The Kier molecular flexibility index (Phi) is 4.53. The van der Waals surface area contributed by atoms with Crippen molar-refractivity contribution in [1.82, 2.24) is 19.9 Å². The summed E-state index contributed by atoms with van der Waals surface area (Å²) in [5.74, 6) is -0.172. The highest BCUT2D eigenvalue weighted by atomic mass is 16.1. The summed E-state index contributed by atoms with van der Waals surface area (Å²) in [6.45, 7) is 0.694. The number of aromatic nitrogens is 3. The first kappa shape index (κ1) is 16.8. The van der Waals surface area contributed by atoms with Crippen LogP contribution in [0.25, 0.3) is 22.2 Å². The molecule has 2 aromatic carbocycles. The summed E-state index contributed by atoms with van der Waals surface area (Å²) < 4.78 is 1.49. The predicted molar refractivity (Wildman–Crippen MR) is 105 cm³/mol. The minimum atomic E-state index is -0.172. The molecule has 134 valence electrons. The van der Waals surface area contributed by atoms with Crippen LogP contribution in [0.15, 0.2) is 78.0 Å². The molecule has 2 aromatic heterocycles. The normalized spacial score (nSPS) is 10.8. The molecule has 0 aliphatic carbocycles. The molecule has 0 aliphatic rings. The molecule has 0 unspecified atom stereocenters. The number of H-pyrrole nitrogens is 1. The minimum Gasteiger partial charge on any atom is -0.360 e. The average Bonchev–Trinajstić information content (AvgIpc) is 3.14. The highest BCUT2D eigenvalue weighted by molar-refractivity contribution is 6.06. The molecule has 1 amide bonds. The third-order valence-electron chi connectivity index (χ3n) is 4.42. The zero-order chi connectivity index (χ0) is 18.6. The largest absolute Gasteiger partial charge is 0.360 e. The summed E-state index contributed by atoms with van der Waals surface area (Å²) in [6, 6.07) is 18.7. The molecule has 0 radical (unpaired) electrons. The zero-order valence-electron chi connectivity index (χ0n) is 14.6. The van der Waals surface area contributed by atoms with Crippen molar-refractivity contribution in [2.45, 2.75) is 6.54 Å². The number of carbonyl (C=O) groups is 1. The van der Waals surface area contributed by atoms with Gasteiger partial charge in [-0.25, -0.2) is 4.98 Å². The van der Waals surface area contributed by atoms with Crippen LogP contribution in [0, 0.1) is 0 Å². The second-order valence-corrected chi connectivity index (χ2v) is 6.18. The van der Waals surface area contributed by atoms with Crippen LogP contribution in [-0.4, -0.2) is 27.0 Å². The van der Waals surface area contributed by atoms with Gasteiger partial charge in [-0.3, -0.25) is 14.2 Å². The average molecular weight is 358 g/mol. The van der Waals surface area contributed by atoms with E-state index >= 15 is 0 Å². The van der Waals surface area contributed by atoms with E-state index in [9.17, 15) is 9.59 Å². The van der Waals surface area contributed by atoms with Gasteiger partial charge in [0.05, 0.1) is 17.6 Å². The molecule has 0 atom stereocenters. The molecule has 2 heterocycles. The van der Waals surface area contributed by atoms with Crippen molar-refractivity contribution >= 4 is 16.8 Å². The maximum absolute atomic E-state index is 12.4. The van der Waals surface area contributed by atoms with Gasteiger partial charge in [0.1, 0.15) is 0 Å². The van der Waals surface area contributed by atoms with Gasteiger partial charge in [0.2, 0.25) is 0 Å². The monoisotopic (exact) mass is 358 g/mol. The van der Waals surface area contributed by atoms with Crippen LogP contribution in [0.3, 0.4) is 0 Å². The highest BCUT2D eigenvalue weighted by Crippen LogP contribution is 2.17. The Hall–Kier alpha value is -3.67. The van der Waals surface area contributed by atoms with Gasteiger partial charge in [0.25, 0.3) is 11.5 Å². The lowest BCUT2D eigenvalue weighted by Crippen LogP contribution is -2.30. The van der Waals surface area contributed by atoms with Gasteiger partial charge in [-0.05, 0) is 6.07 Å². The first-order valence-electron chi connectivity index (χ1n) is 8.68. The molecule has 0 aliphatic heterocycles. The fraction of sp³-hybridized carbons (Fsp3) is 0.0952. The number of nitrogens with one attached hydrogen (secondary N) is 2. The Labute approximate surface area is 155 Å². The molecule has 0 fully saturated rings. The summed E-state index contributed by atoms with van der Waals surface area (Å²) in [5.41, 5.74) is 2.90. The summed E-state index contributed by atoms with van der Waals surface area (Å²) >= 11 is 0. The first-order valence-corrected chi connectivity index (χ1v) is 8.68. The fourth-order valence-electron chi connectivity index (χ4n) is 3.01. The van der Waals surface area contributed by atoms with E-state index in [0.29, 0.717) is 24.3 Å². The van der Waals surface area contributed by atoms with E-state index in [1.807, 2.05) is 54.6 Å². The van der Waals surface area contributed by atoms with Crippen LogP contribution in [0.5, 0.6) is 0 Å². The maximum Gasteiger partial charge on any atom is 0.253 e. The molecular formula is C21H18N4O2. The van der Waals surface area contributed by atoms with Crippen molar-refractivity contribution in [2.24, 2.45) is 0 Å². The van der Waals surface area contributed by atoms with E-state index < -0.39 is 0 Å². The molecule has 0 saturated heterocycles. The fourth-order valence-corrected chi connectivity index (χ4v) is 3.01. The Morgan fingerprint density at radius 3 is 2.67 bits per heavy atom. The lowest BCUT2D eigenvalue weighted by molar-refractivity contribution is 0.0954. The number of nitrogens with zero attached hydrogens (tertiary/aromatic N) is 2. The number of hydrogen-bond acceptors (Lipinski definition) is 3. The zero-order valence-corrected chi connectivity index (χ0v) is 14.6. The van der Waals surface area contributed by atoms with E-state index in [2.05, 4.69) is 15.3 Å². The van der Waals surface area contributed by atoms with E-state index in [0.717, 1.165) is 16.5 Å². The Balaban J connectivity index is 1.42. The van der Waals surface area contributed by atoms with Gasteiger partial charge in [-0.2, -0.15) is 0 Å². The van der Waals surface area contributed by atoms with Crippen molar-refractivity contribution in [1.29, 1.82) is 0 Å². The molecule has 2 N–H and O–H groups in total.